The van der Waals surface area contributed by atoms with Crippen molar-refractivity contribution in [3.05, 3.63) is 0 Å². The summed E-state index contributed by atoms with van der Waals surface area (Å²) in [5.74, 6) is 0.844. The molecule has 2 fully saturated rings. The summed E-state index contributed by atoms with van der Waals surface area (Å²) in [6, 6.07) is 0.330. The maximum atomic E-state index is 11.8. The molecule has 0 aromatic carbocycles. The van der Waals surface area contributed by atoms with E-state index in [0.717, 1.165) is 38.4 Å². The van der Waals surface area contributed by atoms with Crippen molar-refractivity contribution in [2.75, 3.05) is 39.4 Å². The average molecular weight is 510 g/mol. The van der Waals surface area contributed by atoms with Crippen LogP contribution < -0.4 is 10.6 Å². The summed E-state index contributed by atoms with van der Waals surface area (Å²) in [4.78, 5) is 18.2. The van der Waals surface area contributed by atoms with Crippen molar-refractivity contribution in [3.8, 4) is 0 Å². The van der Waals surface area contributed by atoms with E-state index in [2.05, 4.69) is 22.5 Å². The van der Waals surface area contributed by atoms with Gasteiger partial charge in [0.2, 0.25) is 0 Å². The minimum Gasteiger partial charge on any atom is -0.450 e. The minimum atomic E-state index is -0.202. The van der Waals surface area contributed by atoms with Gasteiger partial charge in [0.05, 0.1) is 25.9 Å². The number of likely N-dealkylation sites (tertiary alicyclic amines) is 1. The topological polar surface area (TPSA) is 75.2 Å². The quantitative estimate of drug-likeness (QED) is 0.180. The second-order valence-electron chi connectivity index (χ2n) is 7.35. The molecule has 28 heavy (non-hydrogen) atoms. The predicted molar refractivity (Wildman–Crippen MR) is 124 cm³/mol. The molecule has 0 aromatic heterocycles. The first-order valence-electron chi connectivity index (χ1n) is 10.8. The van der Waals surface area contributed by atoms with Gasteiger partial charge in [0.1, 0.15) is 0 Å². The van der Waals surface area contributed by atoms with Gasteiger partial charge in [-0.3, -0.25) is 4.99 Å². The highest BCUT2D eigenvalue weighted by atomic mass is 127. The Morgan fingerprint density at radius 1 is 1.07 bits per heavy atom. The molecule has 0 spiro atoms. The van der Waals surface area contributed by atoms with Crippen LogP contribution in [0.1, 0.15) is 65.2 Å². The van der Waals surface area contributed by atoms with Gasteiger partial charge in [-0.1, -0.05) is 25.7 Å². The van der Waals surface area contributed by atoms with Gasteiger partial charge in [-0.25, -0.2) is 4.79 Å². The molecule has 1 amide bonds. The summed E-state index contributed by atoms with van der Waals surface area (Å²) >= 11 is 0. The van der Waals surface area contributed by atoms with E-state index in [9.17, 15) is 4.79 Å². The summed E-state index contributed by atoms with van der Waals surface area (Å²) in [6.45, 7) is 7.97. The SMILES string of the molecule is CCNC(=NCCOC1CCCCCC1)NC1CCN(C(=O)OCC)CC1.I. The van der Waals surface area contributed by atoms with Crippen molar-refractivity contribution >= 4 is 36.0 Å². The monoisotopic (exact) mass is 510 g/mol. The smallest absolute Gasteiger partial charge is 0.409 e. The molecule has 7 nitrogen and oxygen atoms in total. The van der Waals surface area contributed by atoms with E-state index >= 15 is 0 Å². The second kappa shape index (κ2) is 15.1. The van der Waals surface area contributed by atoms with E-state index < -0.39 is 0 Å². The van der Waals surface area contributed by atoms with E-state index in [4.69, 9.17) is 9.47 Å². The highest BCUT2D eigenvalue weighted by molar-refractivity contribution is 14.0. The molecule has 1 saturated carbocycles. The third-order valence-electron chi connectivity index (χ3n) is 5.22. The molecule has 164 valence electrons. The number of carbonyl (C=O) groups is 1. The fraction of sp³-hybridized carbons (Fsp3) is 0.900. The lowest BCUT2D eigenvalue weighted by atomic mass is 10.1. The molecule has 2 aliphatic rings. The number of nitrogens with zero attached hydrogens (tertiary/aromatic N) is 2. The first-order valence-corrected chi connectivity index (χ1v) is 10.8. The second-order valence-corrected chi connectivity index (χ2v) is 7.35. The molecule has 2 N–H and O–H groups in total. The molecule has 0 aromatic rings. The fourth-order valence-corrected chi connectivity index (χ4v) is 3.72. The average Bonchev–Trinajstić information content (AvgIpc) is 2.95. The van der Waals surface area contributed by atoms with E-state index in [1.807, 2.05) is 6.92 Å². The van der Waals surface area contributed by atoms with Crippen molar-refractivity contribution in [2.45, 2.75) is 77.4 Å². The van der Waals surface area contributed by atoms with Crippen LogP contribution >= 0.6 is 24.0 Å². The van der Waals surface area contributed by atoms with Crippen molar-refractivity contribution in [1.29, 1.82) is 0 Å². The Morgan fingerprint density at radius 3 is 2.36 bits per heavy atom. The number of aliphatic imine (C=N–C) groups is 1. The van der Waals surface area contributed by atoms with E-state index in [1.165, 1.54) is 38.5 Å². The van der Waals surface area contributed by atoms with Crippen LogP contribution in [0.3, 0.4) is 0 Å². The Morgan fingerprint density at radius 2 is 1.75 bits per heavy atom. The molecular formula is C20H39IN4O3. The normalized spacial score (nSPS) is 19.5. The lowest BCUT2D eigenvalue weighted by Crippen LogP contribution is -2.50. The highest BCUT2D eigenvalue weighted by Crippen LogP contribution is 2.19. The van der Waals surface area contributed by atoms with Crippen LogP contribution in [0.5, 0.6) is 0 Å². The third kappa shape index (κ3) is 9.62. The number of halogens is 1. The molecular weight excluding hydrogens is 471 g/mol. The van der Waals surface area contributed by atoms with E-state index in [1.54, 1.807) is 4.90 Å². The standard InChI is InChI=1S/C20H38N4O3.HI/c1-3-21-19(22-13-16-27-18-9-7-5-6-8-10-18)23-17-11-14-24(15-12-17)20(25)26-4-2;/h17-18H,3-16H2,1-2H3,(H2,21,22,23);1H. The van der Waals surface area contributed by atoms with Gasteiger partial charge in [0.25, 0.3) is 0 Å². The van der Waals surface area contributed by atoms with Crippen molar-refractivity contribution in [3.63, 3.8) is 0 Å². The van der Waals surface area contributed by atoms with Crippen LogP contribution in [0.15, 0.2) is 4.99 Å². The van der Waals surface area contributed by atoms with Crippen LogP contribution in [0, 0.1) is 0 Å². The van der Waals surface area contributed by atoms with E-state index in [-0.39, 0.29) is 30.1 Å². The largest absolute Gasteiger partial charge is 0.450 e. The van der Waals surface area contributed by atoms with Crippen LogP contribution in [0.25, 0.3) is 0 Å². The molecule has 1 aliphatic carbocycles. The van der Waals surface area contributed by atoms with Gasteiger partial charge < -0.3 is 25.0 Å². The third-order valence-corrected chi connectivity index (χ3v) is 5.22. The minimum absolute atomic E-state index is 0. The number of piperidine rings is 1. The molecule has 2 rings (SSSR count). The Bertz CT molecular complexity index is 449. The molecule has 0 atom stereocenters. The Balaban J connectivity index is 0.00000392. The van der Waals surface area contributed by atoms with Crippen LogP contribution in [0.2, 0.25) is 0 Å². The molecule has 8 heteroatoms. The first kappa shape index (κ1) is 25.3. The van der Waals surface area contributed by atoms with Crippen LogP contribution in [0.4, 0.5) is 4.79 Å². The number of hydrogen-bond donors (Lipinski definition) is 2. The number of amides is 1. The molecule has 1 aliphatic heterocycles. The molecule has 0 radical (unpaired) electrons. The fourth-order valence-electron chi connectivity index (χ4n) is 3.72. The highest BCUT2D eigenvalue weighted by Gasteiger charge is 2.24. The van der Waals surface area contributed by atoms with Gasteiger partial charge in [-0.15, -0.1) is 24.0 Å². The summed E-state index contributed by atoms with van der Waals surface area (Å²) in [7, 11) is 0. The van der Waals surface area contributed by atoms with Crippen LogP contribution in [-0.2, 0) is 9.47 Å². The summed E-state index contributed by atoms with van der Waals surface area (Å²) in [5, 5.41) is 6.81. The Hall–Kier alpha value is -0.770. The number of ether oxygens (including phenoxy) is 2. The molecule has 1 saturated heterocycles. The van der Waals surface area contributed by atoms with Gasteiger partial charge in [-0.2, -0.15) is 0 Å². The van der Waals surface area contributed by atoms with Gasteiger partial charge in [-0.05, 0) is 39.5 Å². The Labute approximate surface area is 187 Å². The molecule has 1 heterocycles. The number of rotatable bonds is 7. The van der Waals surface area contributed by atoms with Gasteiger partial charge in [0.15, 0.2) is 5.96 Å². The zero-order valence-electron chi connectivity index (χ0n) is 17.6. The number of guanidine groups is 1. The Kier molecular flexibility index (Phi) is 13.6. The summed E-state index contributed by atoms with van der Waals surface area (Å²) in [5.41, 5.74) is 0. The summed E-state index contributed by atoms with van der Waals surface area (Å²) < 4.78 is 11.1. The van der Waals surface area contributed by atoms with E-state index in [0.29, 0.717) is 31.9 Å². The maximum Gasteiger partial charge on any atom is 0.409 e. The van der Waals surface area contributed by atoms with Crippen LogP contribution in [-0.4, -0.2) is 68.5 Å². The first-order chi connectivity index (χ1) is 13.2. The number of carbonyl (C=O) groups excluding carboxylic acids is 1. The zero-order chi connectivity index (χ0) is 19.3. The number of nitrogens with one attached hydrogen (secondary N) is 2. The molecule has 0 unspecified atom stereocenters. The molecule has 0 bridgehead atoms. The van der Waals surface area contributed by atoms with Crippen molar-refractivity contribution < 1.29 is 14.3 Å². The van der Waals surface area contributed by atoms with Gasteiger partial charge in [0, 0.05) is 25.7 Å². The number of hydrogen-bond acceptors (Lipinski definition) is 4. The van der Waals surface area contributed by atoms with Crippen molar-refractivity contribution in [1.82, 2.24) is 15.5 Å². The maximum absolute atomic E-state index is 11.8. The lowest BCUT2D eigenvalue weighted by molar-refractivity contribution is 0.0486. The van der Waals surface area contributed by atoms with Gasteiger partial charge >= 0.3 is 6.09 Å². The lowest BCUT2D eigenvalue weighted by Gasteiger charge is -2.32. The zero-order valence-corrected chi connectivity index (χ0v) is 19.9. The predicted octanol–water partition coefficient (Wildman–Crippen LogP) is 3.52. The van der Waals surface area contributed by atoms with Crippen molar-refractivity contribution in [2.24, 2.45) is 4.99 Å². The summed E-state index contributed by atoms with van der Waals surface area (Å²) in [6.07, 6.45) is 9.71.